The van der Waals surface area contributed by atoms with E-state index in [-0.39, 0.29) is 22.5 Å². The van der Waals surface area contributed by atoms with Crippen LogP contribution in [0.5, 0.6) is 5.75 Å². The van der Waals surface area contributed by atoms with E-state index in [0.717, 1.165) is 28.6 Å². The van der Waals surface area contributed by atoms with Crippen LogP contribution in [0.4, 0.5) is 20.2 Å². The quantitative estimate of drug-likeness (QED) is 0.550. The zero-order valence-electron chi connectivity index (χ0n) is 14.0. The van der Waals surface area contributed by atoms with Crippen LogP contribution in [0.3, 0.4) is 0 Å². The van der Waals surface area contributed by atoms with E-state index in [1.54, 1.807) is 6.07 Å². The number of halogens is 2. The normalized spacial score (nSPS) is 11.8. The summed E-state index contributed by atoms with van der Waals surface area (Å²) in [4.78, 5) is 11.0. The van der Waals surface area contributed by atoms with Crippen LogP contribution in [0, 0.1) is 11.6 Å². The fourth-order valence-corrected chi connectivity index (χ4v) is 3.27. The molecule has 28 heavy (non-hydrogen) atoms. The molecule has 0 aliphatic rings. The SMILES string of the molecule is O=C(O)c1ccc(N(c2cccc(-c3ccc(F)cc3F)c2)S(=O)O)cc1O. The number of aromatic hydroxyl groups is 1. The van der Waals surface area contributed by atoms with Crippen LogP contribution in [0.1, 0.15) is 10.4 Å². The zero-order chi connectivity index (χ0) is 20.4. The van der Waals surface area contributed by atoms with Crippen molar-refractivity contribution in [2.24, 2.45) is 0 Å². The van der Waals surface area contributed by atoms with Crippen molar-refractivity contribution in [3.8, 4) is 16.9 Å². The molecule has 0 bridgehead atoms. The molecule has 1 unspecified atom stereocenters. The molecule has 3 N–H and O–H groups in total. The first-order chi connectivity index (χ1) is 13.3. The predicted molar refractivity (Wildman–Crippen MR) is 99.8 cm³/mol. The van der Waals surface area contributed by atoms with Crippen molar-refractivity contribution < 1.29 is 32.6 Å². The van der Waals surface area contributed by atoms with Crippen LogP contribution in [0.2, 0.25) is 0 Å². The van der Waals surface area contributed by atoms with Gasteiger partial charge in [0.2, 0.25) is 0 Å². The molecule has 0 aliphatic heterocycles. The maximum Gasteiger partial charge on any atom is 0.339 e. The van der Waals surface area contributed by atoms with E-state index in [4.69, 9.17) is 5.11 Å². The largest absolute Gasteiger partial charge is 0.507 e. The molecule has 0 heterocycles. The number of carbonyl (C=O) groups is 1. The van der Waals surface area contributed by atoms with Crippen molar-refractivity contribution in [1.82, 2.24) is 0 Å². The minimum atomic E-state index is -2.58. The van der Waals surface area contributed by atoms with Crippen LogP contribution in [-0.4, -0.2) is 24.9 Å². The first-order valence-corrected chi connectivity index (χ1v) is 8.87. The first kappa shape index (κ1) is 19.5. The number of hydrogen-bond acceptors (Lipinski definition) is 3. The third-order valence-electron chi connectivity index (χ3n) is 3.93. The number of phenols is 1. The Balaban J connectivity index is 2.08. The van der Waals surface area contributed by atoms with Gasteiger partial charge in [-0.1, -0.05) is 12.1 Å². The topological polar surface area (TPSA) is 98.1 Å². The number of rotatable bonds is 5. The highest BCUT2D eigenvalue weighted by molar-refractivity contribution is 7.81. The Labute approximate surface area is 160 Å². The monoisotopic (exact) mass is 405 g/mol. The lowest BCUT2D eigenvalue weighted by Gasteiger charge is -2.21. The second-order valence-electron chi connectivity index (χ2n) is 5.71. The summed E-state index contributed by atoms with van der Waals surface area (Å²) in [6.45, 7) is 0. The lowest BCUT2D eigenvalue weighted by Crippen LogP contribution is -2.19. The van der Waals surface area contributed by atoms with Crippen LogP contribution in [0.15, 0.2) is 60.7 Å². The maximum atomic E-state index is 14.1. The van der Waals surface area contributed by atoms with Gasteiger partial charge in [0.25, 0.3) is 11.3 Å². The second-order valence-corrected chi connectivity index (χ2v) is 6.53. The summed E-state index contributed by atoms with van der Waals surface area (Å²) < 4.78 is 49.7. The summed E-state index contributed by atoms with van der Waals surface area (Å²) in [5.74, 6) is -3.46. The Bertz CT molecular complexity index is 1090. The molecule has 3 aromatic carbocycles. The minimum absolute atomic E-state index is 0.0417. The average molecular weight is 405 g/mol. The molecule has 0 spiro atoms. The van der Waals surface area contributed by atoms with E-state index in [0.29, 0.717) is 5.56 Å². The standard InChI is InChI=1S/C19H13F2NO5S/c20-12-4-6-15(17(21)9-12)11-2-1-3-13(8-11)22(28(26)27)14-5-7-16(19(24)25)18(23)10-14/h1-10,23H,(H,24,25)(H,26,27). The van der Waals surface area contributed by atoms with Gasteiger partial charge in [-0.25, -0.2) is 22.1 Å². The average Bonchev–Trinajstić information content (AvgIpc) is 2.61. The first-order valence-electron chi connectivity index (χ1n) is 7.81. The Kier molecular flexibility index (Phi) is 5.39. The molecule has 1 atom stereocenters. The van der Waals surface area contributed by atoms with E-state index in [1.807, 2.05) is 0 Å². The number of carboxylic acids is 1. The Morgan fingerprint density at radius 3 is 2.29 bits per heavy atom. The van der Waals surface area contributed by atoms with Gasteiger partial charge in [0, 0.05) is 17.7 Å². The molecule has 0 aromatic heterocycles. The molecule has 0 amide bonds. The van der Waals surface area contributed by atoms with Crippen LogP contribution < -0.4 is 4.31 Å². The Morgan fingerprint density at radius 2 is 1.68 bits per heavy atom. The number of aromatic carboxylic acids is 1. The number of nitrogens with zero attached hydrogens (tertiary/aromatic N) is 1. The summed E-state index contributed by atoms with van der Waals surface area (Å²) >= 11 is -2.58. The summed E-state index contributed by atoms with van der Waals surface area (Å²) in [6, 6.07) is 12.4. The highest BCUT2D eigenvalue weighted by Gasteiger charge is 2.19. The molecular formula is C19H13F2NO5S. The molecule has 3 aromatic rings. The van der Waals surface area contributed by atoms with Gasteiger partial charge >= 0.3 is 5.97 Å². The van der Waals surface area contributed by atoms with Gasteiger partial charge in [-0.05, 0) is 42.0 Å². The van der Waals surface area contributed by atoms with Crippen LogP contribution in [0.25, 0.3) is 11.1 Å². The third-order valence-corrected chi connectivity index (χ3v) is 4.66. The van der Waals surface area contributed by atoms with Crippen molar-refractivity contribution in [1.29, 1.82) is 0 Å². The van der Waals surface area contributed by atoms with Crippen molar-refractivity contribution in [2.75, 3.05) is 4.31 Å². The van der Waals surface area contributed by atoms with Crippen molar-refractivity contribution in [3.63, 3.8) is 0 Å². The molecule has 0 radical (unpaired) electrons. The Hall–Kier alpha value is -3.30. The fourth-order valence-electron chi connectivity index (χ4n) is 2.68. The van der Waals surface area contributed by atoms with E-state index < -0.39 is 34.6 Å². The van der Waals surface area contributed by atoms with Gasteiger partial charge < -0.3 is 10.2 Å². The molecule has 6 nitrogen and oxygen atoms in total. The van der Waals surface area contributed by atoms with E-state index >= 15 is 0 Å². The number of carboxylic acid groups (broad SMARTS) is 1. The van der Waals surface area contributed by atoms with Crippen LogP contribution >= 0.6 is 0 Å². The third kappa shape index (κ3) is 3.85. The van der Waals surface area contributed by atoms with Crippen LogP contribution in [-0.2, 0) is 11.3 Å². The summed E-state index contributed by atoms with van der Waals surface area (Å²) in [5.41, 5.74) is 0.270. The van der Waals surface area contributed by atoms with Gasteiger partial charge in [-0.3, -0.25) is 4.55 Å². The highest BCUT2D eigenvalue weighted by atomic mass is 32.2. The lowest BCUT2D eigenvalue weighted by molar-refractivity contribution is 0.0693. The summed E-state index contributed by atoms with van der Waals surface area (Å²) in [6.07, 6.45) is 0. The van der Waals surface area contributed by atoms with E-state index in [2.05, 4.69) is 0 Å². The zero-order valence-corrected chi connectivity index (χ0v) is 14.9. The molecule has 0 saturated heterocycles. The van der Waals surface area contributed by atoms with Crippen molar-refractivity contribution in [3.05, 3.63) is 77.9 Å². The summed E-state index contributed by atoms with van der Waals surface area (Å²) in [7, 11) is 0. The number of hydrogen-bond donors (Lipinski definition) is 3. The Morgan fingerprint density at radius 1 is 0.964 bits per heavy atom. The molecule has 0 fully saturated rings. The second kappa shape index (κ2) is 7.75. The number of benzene rings is 3. The smallest absolute Gasteiger partial charge is 0.339 e. The van der Waals surface area contributed by atoms with E-state index in [9.17, 15) is 27.4 Å². The lowest BCUT2D eigenvalue weighted by atomic mass is 10.0. The van der Waals surface area contributed by atoms with E-state index in [1.165, 1.54) is 30.3 Å². The molecule has 144 valence electrons. The predicted octanol–water partition coefficient (Wildman–Crippen LogP) is 4.31. The molecule has 9 heteroatoms. The van der Waals surface area contributed by atoms with Crippen molar-refractivity contribution in [2.45, 2.75) is 0 Å². The van der Waals surface area contributed by atoms with Gasteiger partial charge in [0.05, 0.1) is 11.4 Å². The van der Waals surface area contributed by atoms with Gasteiger partial charge in [-0.2, -0.15) is 0 Å². The molecular weight excluding hydrogens is 392 g/mol. The van der Waals surface area contributed by atoms with Crippen molar-refractivity contribution >= 4 is 28.6 Å². The van der Waals surface area contributed by atoms with Gasteiger partial charge in [0.1, 0.15) is 22.9 Å². The number of anilines is 2. The molecule has 0 saturated carbocycles. The summed E-state index contributed by atoms with van der Waals surface area (Å²) in [5, 5.41) is 18.8. The molecule has 0 aliphatic carbocycles. The maximum absolute atomic E-state index is 14.1. The van der Waals surface area contributed by atoms with Gasteiger partial charge in [0.15, 0.2) is 0 Å². The fraction of sp³-hybridized carbons (Fsp3) is 0. The highest BCUT2D eigenvalue weighted by Crippen LogP contribution is 2.34. The minimum Gasteiger partial charge on any atom is -0.507 e. The molecule has 3 rings (SSSR count). The van der Waals surface area contributed by atoms with Gasteiger partial charge in [-0.15, -0.1) is 0 Å².